The second-order valence-corrected chi connectivity index (χ2v) is 6.09. The van der Waals surface area contributed by atoms with Gasteiger partial charge >= 0.3 is 0 Å². The summed E-state index contributed by atoms with van der Waals surface area (Å²) >= 11 is 0. The predicted octanol–water partition coefficient (Wildman–Crippen LogP) is 1.58. The van der Waals surface area contributed by atoms with Crippen molar-refractivity contribution >= 4 is 11.7 Å². The standard InChI is InChI=1S/C14H18N2O2/c1-13(2)10-4-5-16-11(17)7-14(10,3)6-9(8-15)12(13)18/h6,10H,4-5,7H2,1-3H3,(H,16,17)/t10-,14+/m0/s1. The normalized spacial score (nSPS) is 34.8. The van der Waals surface area contributed by atoms with Gasteiger partial charge in [-0.1, -0.05) is 26.8 Å². The molecule has 2 rings (SSSR count). The molecule has 1 heterocycles. The summed E-state index contributed by atoms with van der Waals surface area (Å²) in [5.41, 5.74) is -0.780. The Bertz CT molecular complexity index is 485. The fraction of sp³-hybridized carbons (Fsp3) is 0.643. The van der Waals surface area contributed by atoms with Gasteiger partial charge in [0.2, 0.25) is 5.91 Å². The van der Waals surface area contributed by atoms with E-state index in [2.05, 4.69) is 5.32 Å². The van der Waals surface area contributed by atoms with Gasteiger partial charge < -0.3 is 5.32 Å². The lowest BCUT2D eigenvalue weighted by molar-refractivity contribution is -0.131. The molecule has 1 amide bonds. The van der Waals surface area contributed by atoms with Crippen LogP contribution in [0.2, 0.25) is 0 Å². The number of hydrogen-bond donors (Lipinski definition) is 1. The van der Waals surface area contributed by atoms with Crippen LogP contribution in [0.4, 0.5) is 0 Å². The van der Waals surface area contributed by atoms with Gasteiger partial charge in [-0.25, -0.2) is 0 Å². The topological polar surface area (TPSA) is 70.0 Å². The fourth-order valence-electron chi connectivity index (χ4n) is 3.54. The van der Waals surface area contributed by atoms with E-state index >= 15 is 0 Å². The van der Waals surface area contributed by atoms with Crippen molar-refractivity contribution in [1.82, 2.24) is 5.32 Å². The Labute approximate surface area is 107 Å². The van der Waals surface area contributed by atoms with E-state index in [0.29, 0.717) is 13.0 Å². The highest BCUT2D eigenvalue weighted by Crippen LogP contribution is 2.51. The predicted molar refractivity (Wildman–Crippen MR) is 66.3 cm³/mol. The summed E-state index contributed by atoms with van der Waals surface area (Å²) in [5.74, 6) is -0.00550. The van der Waals surface area contributed by atoms with Crippen LogP contribution in [-0.2, 0) is 9.59 Å². The lowest BCUT2D eigenvalue weighted by Crippen LogP contribution is -2.46. The van der Waals surface area contributed by atoms with Crippen LogP contribution in [0.15, 0.2) is 11.6 Å². The summed E-state index contributed by atoms with van der Waals surface area (Å²) in [6.07, 6.45) is 2.84. The lowest BCUT2D eigenvalue weighted by Gasteiger charge is -2.46. The lowest BCUT2D eigenvalue weighted by atomic mass is 9.55. The first kappa shape index (κ1) is 12.8. The van der Waals surface area contributed by atoms with Crippen LogP contribution in [0.1, 0.15) is 33.6 Å². The Kier molecular flexibility index (Phi) is 2.81. The summed E-state index contributed by atoms with van der Waals surface area (Å²) in [6, 6.07) is 1.98. The van der Waals surface area contributed by atoms with Gasteiger partial charge in [-0.15, -0.1) is 0 Å². The van der Waals surface area contributed by atoms with Crippen LogP contribution in [0.5, 0.6) is 0 Å². The fourth-order valence-corrected chi connectivity index (χ4v) is 3.54. The molecule has 1 saturated heterocycles. The molecule has 4 nitrogen and oxygen atoms in total. The molecule has 0 spiro atoms. The maximum atomic E-state index is 12.3. The third kappa shape index (κ3) is 1.74. The second kappa shape index (κ2) is 3.94. The largest absolute Gasteiger partial charge is 0.356 e. The van der Waals surface area contributed by atoms with Crippen LogP contribution >= 0.6 is 0 Å². The number of amides is 1. The number of Topliss-reactive ketones (excluding diaryl/α,β-unsaturated/α-hetero) is 1. The highest BCUT2D eigenvalue weighted by Gasteiger charge is 2.52. The van der Waals surface area contributed by atoms with Gasteiger partial charge in [0.15, 0.2) is 5.78 Å². The van der Waals surface area contributed by atoms with Crippen LogP contribution in [-0.4, -0.2) is 18.2 Å². The Morgan fingerprint density at radius 2 is 2.06 bits per heavy atom. The maximum absolute atomic E-state index is 12.3. The van der Waals surface area contributed by atoms with E-state index in [1.165, 1.54) is 0 Å². The molecule has 1 N–H and O–H groups in total. The molecule has 0 bridgehead atoms. The van der Waals surface area contributed by atoms with E-state index in [9.17, 15) is 9.59 Å². The molecular weight excluding hydrogens is 228 g/mol. The average Bonchev–Trinajstić information content (AvgIpc) is 2.43. The highest BCUT2D eigenvalue weighted by atomic mass is 16.1. The first-order valence-corrected chi connectivity index (χ1v) is 6.26. The molecule has 0 aromatic heterocycles. The van der Waals surface area contributed by atoms with Crippen molar-refractivity contribution in [3.05, 3.63) is 11.6 Å². The number of nitriles is 1. The van der Waals surface area contributed by atoms with Crippen molar-refractivity contribution < 1.29 is 9.59 Å². The molecule has 0 unspecified atom stereocenters. The first-order chi connectivity index (χ1) is 8.31. The highest BCUT2D eigenvalue weighted by molar-refractivity contribution is 6.04. The van der Waals surface area contributed by atoms with Gasteiger partial charge in [-0.05, 0) is 17.8 Å². The average molecular weight is 246 g/mol. The van der Waals surface area contributed by atoms with E-state index in [4.69, 9.17) is 5.26 Å². The number of allylic oxidation sites excluding steroid dienone is 2. The summed E-state index contributed by atoms with van der Waals surface area (Å²) < 4.78 is 0. The van der Waals surface area contributed by atoms with Crippen molar-refractivity contribution in [3.8, 4) is 6.07 Å². The number of rotatable bonds is 0. The molecule has 96 valence electrons. The van der Waals surface area contributed by atoms with E-state index in [0.717, 1.165) is 6.42 Å². The molecule has 0 aromatic carbocycles. The minimum atomic E-state index is -0.582. The van der Waals surface area contributed by atoms with Crippen molar-refractivity contribution in [2.45, 2.75) is 33.6 Å². The number of nitrogens with zero attached hydrogens (tertiary/aromatic N) is 1. The third-order valence-corrected chi connectivity index (χ3v) is 4.39. The zero-order valence-corrected chi connectivity index (χ0v) is 11.0. The van der Waals surface area contributed by atoms with Crippen molar-refractivity contribution in [3.63, 3.8) is 0 Å². The quantitative estimate of drug-likeness (QED) is 0.705. The van der Waals surface area contributed by atoms with Gasteiger partial charge in [0, 0.05) is 18.4 Å². The first-order valence-electron chi connectivity index (χ1n) is 6.26. The second-order valence-electron chi connectivity index (χ2n) is 6.09. The molecule has 1 fully saturated rings. The molecule has 0 saturated carbocycles. The van der Waals surface area contributed by atoms with Gasteiger partial charge in [0.1, 0.15) is 6.07 Å². The van der Waals surface area contributed by atoms with Gasteiger partial charge in [0.05, 0.1) is 5.57 Å². The Morgan fingerprint density at radius 1 is 1.39 bits per heavy atom. The summed E-state index contributed by atoms with van der Waals surface area (Å²) in [5, 5.41) is 11.9. The third-order valence-electron chi connectivity index (χ3n) is 4.39. The van der Waals surface area contributed by atoms with Gasteiger partial charge in [-0.3, -0.25) is 9.59 Å². The van der Waals surface area contributed by atoms with Crippen molar-refractivity contribution in [2.24, 2.45) is 16.7 Å². The van der Waals surface area contributed by atoms with Crippen molar-refractivity contribution in [2.75, 3.05) is 6.54 Å². The van der Waals surface area contributed by atoms with E-state index in [-0.39, 0.29) is 23.2 Å². The number of nitrogens with one attached hydrogen (secondary N) is 1. The van der Waals surface area contributed by atoms with Crippen LogP contribution in [0.3, 0.4) is 0 Å². The molecule has 2 aliphatic rings. The summed E-state index contributed by atoms with van der Waals surface area (Å²) in [6.45, 7) is 6.36. The molecule has 0 radical (unpaired) electrons. The minimum absolute atomic E-state index is 0.00121. The molecular formula is C14H18N2O2. The van der Waals surface area contributed by atoms with E-state index in [1.807, 2.05) is 26.8 Å². The SMILES string of the molecule is CC1(C)C(=O)C(C#N)=C[C@]2(C)CC(=O)NCC[C@@H]12. The van der Waals surface area contributed by atoms with Gasteiger partial charge in [-0.2, -0.15) is 5.26 Å². The molecule has 0 aromatic rings. The number of hydrogen-bond acceptors (Lipinski definition) is 3. The Balaban J connectivity index is 2.56. The number of fused-ring (bicyclic) bond motifs is 1. The Morgan fingerprint density at radius 3 is 2.67 bits per heavy atom. The summed E-state index contributed by atoms with van der Waals surface area (Å²) in [4.78, 5) is 24.0. The van der Waals surface area contributed by atoms with E-state index < -0.39 is 10.8 Å². The van der Waals surface area contributed by atoms with Crippen LogP contribution in [0.25, 0.3) is 0 Å². The summed E-state index contributed by atoms with van der Waals surface area (Å²) in [7, 11) is 0. The zero-order valence-electron chi connectivity index (χ0n) is 11.0. The zero-order chi connectivity index (χ0) is 13.6. The molecule has 4 heteroatoms. The van der Waals surface area contributed by atoms with E-state index in [1.54, 1.807) is 6.08 Å². The number of carbonyl (C=O) groups is 2. The monoisotopic (exact) mass is 246 g/mol. The minimum Gasteiger partial charge on any atom is -0.356 e. The Hall–Kier alpha value is -1.63. The molecule has 1 aliphatic carbocycles. The van der Waals surface area contributed by atoms with Crippen LogP contribution in [0, 0.1) is 28.1 Å². The van der Waals surface area contributed by atoms with Crippen molar-refractivity contribution in [1.29, 1.82) is 5.26 Å². The smallest absolute Gasteiger partial charge is 0.220 e. The number of carbonyl (C=O) groups excluding carboxylic acids is 2. The maximum Gasteiger partial charge on any atom is 0.220 e. The van der Waals surface area contributed by atoms with Gasteiger partial charge in [0.25, 0.3) is 0 Å². The van der Waals surface area contributed by atoms with Crippen LogP contribution < -0.4 is 5.32 Å². The molecule has 18 heavy (non-hydrogen) atoms. The molecule has 2 atom stereocenters. The number of ketones is 1. The molecule has 1 aliphatic heterocycles.